The molecule has 20 heavy (non-hydrogen) atoms. The standard InChI is InChI=1S/C17H30O3/c1-2-3-4-5-6-7-8-11-16(13-14-18)20-17-12-9-10-15-19-17/h16-18H,2-7,9-10,12-15H2,1H3/t16-,17?/m0/s1. The summed E-state index contributed by atoms with van der Waals surface area (Å²) in [5.41, 5.74) is 0. The first-order valence-electron chi connectivity index (χ1n) is 8.23. The molecule has 3 heteroatoms. The molecule has 1 aliphatic rings. The molecule has 1 unspecified atom stereocenters. The number of hydrogen-bond acceptors (Lipinski definition) is 3. The fourth-order valence-electron chi connectivity index (χ4n) is 2.30. The van der Waals surface area contributed by atoms with E-state index in [1.54, 1.807) is 0 Å². The van der Waals surface area contributed by atoms with Crippen molar-refractivity contribution >= 4 is 0 Å². The van der Waals surface area contributed by atoms with Crippen LogP contribution in [0.1, 0.15) is 71.1 Å². The van der Waals surface area contributed by atoms with Gasteiger partial charge in [0.25, 0.3) is 0 Å². The minimum absolute atomic E-state index is 0.114. The maximum absolute atomic E-state index is 9.08. The Balaban J connectivity index is 2.20. The Hall–Kier alpha value is -0.560. The third kappa shape index (κ3) is 8.58. The summed E-state index contributed by atoms with van der Waals surface area (Å²) in [4.78, 5) is 0. The predicted octanol–water partition coefficient (Wildman–Crippen LogP) is 3.64. The number of unbranched alkanes of at least 4 members (excludes halogenated alkanes) is 5. The summed E-state index contributed by atoms with van der Waals surface area (Å²) in [6, 6.07) is 0. The van der Waals surface area contributed by atoms with E-state index in [0.717, 1.165) is 32.3 Å². The van der Waals surface area contributed by atoms with E-state index in [1.807, 2.05) is 0 Å². The van der Waals surface area contributed by atoms with E-state index in [2.05, 4.69) is 18.8 Å². The molecule has 1 heterocycles. The summed E-state index contributed by atoms with van der Waals surface area (Å²) in [5, 5.41) is 9.08. The fraction of sp³-hybridized carbons (Fsp3) is 0.882. The van der Waals surface area contributed by atoms with E-state index in [1.165, 1.54) is 32.1 Å². The monoisotopic (exact) mass is 282 g/mol. The lowest BCUT2D eigenvalue weighted by Crippen LogP contribution is -2.27. The van der Waals surface area contributed by atoms with Crippen LogP contribution in [0.5, 0.6) is 0 Å². The van der Waals surface area contributed by atoms with E-state index >= 15 is 0 Å². The van der Waals surface area contributed by atoms with Gasteiger partial charge in [-0.3, -0.25) is 0 Å². The molecule has 1 rings (SSSR count). The fourth-order valence-corrected chi connectivity index (χ4v) is 2.30. The Labute approximate surface area is 124 Å². The number of ether oxygens (including phenoxy) is 2. The third-order valence-electron chi connectivity index (χ3n) is 3.51. The Morgan fingerprint density at radius 1 is 1.25 bits per heavy atom. The molecule has 0 spiro atoms. The molecular weight excluding hydrogens is 252 g/mol. The average Bonchev–Trinajstić information content (AvgIpc) is 2.47. The second-order valence-corrected chi connectivity index (χ2v) is 5.42. The zero-order valence-electron chi connectivity index (χ0n) is 12.9. The largest absolute Gasteiger partial charge is 0.396 e. The van der Waals surface area contributed by atoms with Crippen LogP contribution in [0, 0.1) is 11.8 Å². The molecule has 0 amide bonds. The van der Waals surface area contributed by atoms with Crippen molar-refractivity contribution in [1.82, 2.24) is 0 Å². The summed E-state index contributed by atoms with van der Waals surface area (Å²) >= 11 is 0. The highest BCUT2D eigenvalue weighted by Gasteiger charge is 2.18. The topological polar surface area (TPSA) is 38.7 Å². The van der Waals surface area contributed by atoms with Gasteiger partial charge in [-0.1, -0.05) is 38.5 Å². The molecule has 0 saturated carbocycles. The van der Waals surface area contributed by atoms with Crippen molar-refractivity contribution < 1.29 is 14.6 Å². The average molecular weight is 282 g/mol. The summed E-state index contributed by atoms with van der Waals surface area (Å²) in [5.74, 6) is 6.34. The quantitative estimate of drug-likeness (QED) is 0.518. The lowest BCUT2D eigenvalue weighted by atomic mass is 10.1. The van der Waals surface area contributed by atoms with Gasteiger partial charge in [0.2, 0.25) is 0 Å². The second kappa shape index (κ2) is 12.2. The van der Waals surface area contributed by atoms with Crippen LogP contribution in [0.4, 0.5) is 0 Å². The van der Waals surface area contributed by atoms with Gasteiger partial charge in [-0.2, -0.15) is 0 Å². The number of aliphatic hydroxyl groups is 1. The van der Waals surface area contributed by atoms with Crippen molar-refractivity contribution in [3.8, 4) is 11.8 Å². The van der Waals surface area contributed by atoms with Crippen molar-refractivity contribution in [1.29, 1.82) is 0 Å². The number of hydrogen-bond donors (Lipinski definition) is 1. The summed E-state index contributed by atoms with van der Waals surface area (Å²) in [6.45, 7) is 3.12. The molecule has 0 aliphatic carbocycles. The van der Waals surface area contributed by atoms with Crippen LogP contribution >= 0.6 is 0 Å². The molecule has 0 bridgehead atoms. The molecule has 0 aromatic rings. The number of aliphatic hydroxyl groups excluding tert-OH is 1. The van der Waals surface area contributed by atoms with Crippen LogP contribution in [0.25, 0.3) is 0 Å². The van der Waals surface area contributed by atoms with Crippen LogP contribution in [-0.2, 0) is 9.47 Å². The second-order valence-electron chi connectivity index (χ2n) is 5.42. The molecule has 1 saturated heterocycles. The van der Waals surface area contributed by atoms with Crippen molar-refractivity contribution in [3.05, 3.63) is 0 Å². The summed E-state index contributed by atoms with van der Waals surface area (Å²) in [7, 11) is 0. The lowest BCUT2D eigenvalue weighted by Gasteiger charge is -2.25. The van der Waals surface area contributed by atoms with Gasteiger partial charge in [-0.25, -0.2) is 0 Å². The van der Waals surface area contributed by atoms with Crippen molar-refractivity contribution in [2.45, 2.75) is 83.5 Å². The van der Waals surface area contributed by atoms with Gasteiger partial charge in [-0.05, 0) is 25.7 Å². The molecule has 3 nitrogen and oxygen atoms in total. The van der Waals surface area contributed by atoms with Gasteiger partial charge < -0.3 is 14.6 Å². The van der Waals surface area contributed by atoms with Gasteiger partial charge in [0, 0.05) is 26.1 Å². The van der Waals surface area contributed by atoms with E-state index in [9.17, 15) is 0 Å². The van der Waals surface area contributed by atoms with Crippen LogP contribution in [0.2, 0.25) is 0 Å². The molecule has 1 fully saturated rings. The Kier molecular flexibility index (Phi) is 10.7. The highest BCUT2D eigenvalue weighted by molar-refractivity contribution is 5.05. The van der Waals surface area contributed by atoms with Gasteiger partial charge in [0.05, 0.1) is 0 Å². The van der Waals surface area contributed by atoms with Crippen molar-refractivity contribution in [2.75, 3.05) is 13.2 Å². The first-order chi connectivity index (χ1) is 9.86. The van der Waals surface area contributed by atoms with Gasteiger partial charge in [-0.15, -0.1) is 5.92 Å². The highest BCUT2D eigenvalue weighted by Crippen LogP contribution is 2.16. The maximum atomic E-state index is 9.08. The van der Waals surface area contributed by atoms with E-state index in [-0.39, 0.29) is 19.0 Å². The zero-order valence-corrected chi connectivity index (χ0v) is 12.9. The van der Waals surface area contributed by atoms with Crippen molar-refractivity contribution in [3.63, 3.8) is 0 Å². The summed E-state index contributed by atoms with van der Waals surface area (Å²) < 4.78 is 11.4. The predicted molar refractivity (Wildman–Crippen MR) is 81.3 cm³/mol. The molecule has 0 radical (unpaired) electrons. The normalized spacial score (nSPS) is 20.2. The first kappa shape index (κ1) is 17.5. The van der Waals surface area contributed by atoms with E-state index in [0.29, 0.717) is 6.42 Å². The van der Waals surface area contributed by atoms with Gasteiger partial charge >= 0.3 is 0 Å². The Bertz CT molecular complexity index is 274. The molecule has 1 N–H and O–H groups in total. The van der Waals surface area contributed by atoms with E-state index < -0.39 is 0 Å². The van der Waals surface area contributed by atoms with E-state index in [4.69, 9.17) is 14.6 Å². The minimum atomic E-state index is -0.182. The molecule has 1 aliphatic heterocycles. The minimum Gasteiger partial charge on any atom is -0.396 e. The maximum Gasteiger partial charge on any atom is 0.159 e. The van der Waals surface area contributed by atoms with Gasteiger partial charge in [0.1, 0.15) is 6.10 Å². The highest BCUT2D eigenvalue weighted by atomic mass is 16.7. The Morgan fingerprint density at radius 2 is 2.10 bits per heavy atom. The van der Waals surface area contributed by atoms with Crippen LogP contribution in [0.15, 0.2) is 0 Å². The van der Waals surface area contributed by atoms with Crippen LogP contribution in [0.3, 0.4) is 0 Å². The third-order valence-corrected chi connectivity index (χ3v) is 3.51. The first-order valence-corrected chi connectivity index (χ1v) is 8.23. The lowest BCUT2D eigenvalue weighted by molar-refractivity contribution is -0.178. The zero-order chi connectivity index (χ0) is 14.5. The molecule has 0 aromatic heterocycles. The van der Waals surface area contributed by atoms with Crippen LogP contribution in [-0.4, -0.2) is 30.7 Å². The van der Waals surface area contributed by atoms with Gasteiger partial charge in [0.15, 0.2) is 6.29 Å². The number of rotatable bonds is 9. The summed E-state index contributed by atoms with van der Waals surface area (Å²) in [6.07, 6.45) is 10.8. The molecule has 116 valence electrons. The smallest absolute Gasteiger partial charge is 0.159 e. The molecule has 2 atom stereocenters. The Morgan fingerprint density at radius 3 is 2.80 bits per heavy atom. The SMILES string of the molecule is CCCCCCCC#C[C@@H](CCO)OC1CCCCO1. The van der Waals surface area contributed by atoms with Crippen LogP contribution < -0.4 is 0 Å². The van der Waals surface area contributed by atoms with Crippen molar-refractivity contribution in [2.24, 2.45) is 0 Å². The molecular formula is C17H30O3. The molecule has 0 aromatic carbocycles.